The topological polar surface area (TPSA) is 116 Å². The van der Waals surface area contributed by atoms with Crippen LogP contribution in [0.15, 0.2) is 63.8 Å². The minimum absolute atomic E-state index is 0.0376. The van der Waals surface area contributed by atoms with Crippen molar-refractivity contribution in [1.82, 2.24) is 20.2 Å². The molecule has 1 fully saturated rings. The average molecular weight is 490 g/mol. The predicted molar refractivity (Wildman–Crippen MR) is 131 cm³/mol. The third-order valence-corrected chi connectivity index (χ3v) is 6.30. The van der Waals surface area contributed by atoms with Gasteiger partial charge in [0.25, 0.3) is 0 Å². The van der Waals surface area contributed by atoms with E-state index in [-0.39, 0.29) is 11.8 Å². The monoisotopic (exact) mass is 489 g/mol. The number of piperidine rings is 1. The fourth-order valence-electron chi connectivity index (χ4n) is 4.28. The van der Waals surface area contributed by atoms with Gasteiger partial charge in [-0.25, -0.2) is 0 Å². The second-order valence-electron chi connectivity index (χ2n) is 8.58. The highest BCUT2D eigenvalue weighted by atomic mass is 16.5. The first-order valence-corrected chi connectivity index (χ1v) is 11.7. The molecule has 1 N–H and O–H groups in total. The van der Waals surface area contributed by atoms with Crippen LogP contribution in [0.5, 0.6) is 11.5 Å². The molecule has 2 aromatic heterocycles. The zero-order chi connectivity index (χ0) is 24.9. The molecule has 36 heavy (non-hydrogen) atoms. The lowest BCUT2D eigenvalue weighted by molar-refractivity contribution is -0.121. The van der Waals surface area contributed by atoms with Gasteiger partial charge in [0, 0.05) is 28.8 Å². The van der Waals surface area contributed by atoms with Crippen LogP contribution in [-0.2, 0) is 11.3 Å². The maximum atomic E-state index is 12.8. The van der Waals surface area contributed by atoms with Gasteiger partial charge in [-0.15, -0.1) is 0 Å². The number of anilines is 1. The molecule has 1 aliphatic heterocycles. The van der Waals surface area contributed by atoms with Crippen LogP contribution in [0.1, 0.15) is 18.7 Å². The van der Waals surface area contributed by atoms with Crippen LogP contribution in [0.3, 0.4) is 0 Å². The number of benzene rings is 2. The predicted octanol–water partition coefficient (Wildman–Crippen LogP) is 4.26. The summed E-state index contributed by atoms with van der Waals surface area (Å²) in [5.41, 5.74) is 2.46. The van der Waals surface area contributed by atoms with Crippen molar-refractivity contribution in [2.45, 2.75) is 19.4 Å². The molecule has 3 heterocycles. The van der Waals surface area contributed by atoms with Gasteiger partial charge < -0.3 is 23.8 Å². The lowest BCUT2D eigenvalue weighted by Gasteiger charge is -2.30. The minimum atomic E-state index is -0.0415. The van der Waals surface area contributed by atoms with Crippen molar-refractivity contribution in [3.63, 3.8) is 0 Å². The molecule has 1 amide bonds. The number of aromatic nitrogens is 3. The van der Waals surface area contributed by atoms with Crippen LogP contribution in [-0.4, -0.2) is 53.4 Å². The number of ether oxygens (including phenoxy) is 2. The van der Waals surface area contributed by atoms with Gasteiger partial charge in [0.15, 0.2) is 17.3 Å². The number of amides is 1. The molecule has 0 saturated carbocycles. The standard InChI is InChI=1S/C26H27N5O5/c1-33-22-8-5-19(15-23(22)34-2)25-29-24(36-30-25)16-31-13-10-18(11-14-31)26(32)28-20-6-3-17(4-7-20)21-9-12-27-35-21/h3-9,12,15,18H,10-11,13-14,16H2,1-2H3,(H,28,32). The van der Waals surface area contributed by atoms with Crippen molar-refractivity contribution >= 4 is 11.6 Å². The van der Waals surface area contributed by atoms with E-state index < -0.39 is 0 Å². The van der Waals surface area contributed by atoms with Gasteiger partial charge in [-0.05, 0) is 68.4 Å². The molecular weight excluding hydrogens is 462 g/mol. The second kappa shape index (κ2) is 10.6. The van der Waals surface area contributed by atoms with Crippen LogP contribution < -0.4 is 14.8 Å². The maximum absolute atomic E-state index is 12.8. The van der Waals surface area contributed by atoms with Gasteiger partial charge in [-0.2, -0.15) is 4.98 Å². The summed E-state index contributed by atoms with van der Waals surface area (Å²) in [6, 6.07) is 14.8. The van der Waals surface area contributed by atoms with Crippen LogP contribution in [0.4, 0.5) is 5.69 Å². The third-order valence-electron chi connectivity index (χ3n) is 6.30. The molecule has 0 bridgehead atoms. The van der Waals surface area contributed by atoms with E-state index in [0.29, 0.717) is 35.5 Å². The number of carbonyl (C=O) groups is 1. The van der Waals surface area contributed by atoms with Crippen LogP contribution in [0.2, 0.25) is 0 Å². The first kappa shape index (κ1) is 23.6. The van der Waals surface area contributed by atoms with E-state index in [0.717, 1.165) is 42.7 Å². The number of nitrogens with one attached hydrogen (secondary N) is 1. The van der Waals surface area contributed by atoms with E-state index in [1.54, 1.807) is 26.5 Å². The second-order valence-corrected chi connectivity index (χ2v) is 8.58. The van der Waals surface area contributed by atoms with Crippen molar-refractivity contribution in [3.8, 4) is 34.2 Å². The summed E-state index contributed by atoms with van der Waals surface area (Å²) in [6.07, 6.45) is 3.13. The highest BCUT2D eigenvalue weighted by Crippen LogP contribution is 2.31. The summed E-state index contributed by atoms with van der Waals surface area (Å²) < 4.78 is 21.3. The molecule has 0 atom stereocenters. The Morgan fingerprint density at radius 1 is 1.00 bits per heavy atom. The van der Waals surface area contributed by atoms with Crippen molar-refractivity contribution < 1.29 is 23.3 Å². The van der Waals surface area contributed by atoms with Gasteiger partial charge in [0.05, 0.1) is 27.0 Å². The van der Waals surface area contributed by atoms with Gasteiger partial charge in [-0.3, -0.25) is 9.69 Å². The third kappa shape index (κ3) is 5.23. The number of nitrogens with zero attached hydrogens (tertiary/aromatic N) is 4. The van der Waals surface area contributed by atoms with E-state index >= 15 is 0 Å². The Balaban J connectivity index is 1.12. The van der Waals surface area contributed by atoms with Gasteiger partial charge in [-0.1, -0.05) is 10.3 Å². The van der Waals surface area contributed by atoms with E-state index in [1.807, 2.05) is 42.5 Å². The Morgan fingerprint density at radius 3 is 2.44 bits per heavy atom. The molecule has 0 aliphatic carbocycles. The van der Waals surface area contributed by atoms with Crippen molar-refractivity contribution in [1.29, 1.82) is 0 Å². The van der Waals surface area contributed by atoms with Gasteiger partial charge in [0.1, 0.15) is 0 Å². The Kier molecular flexibility index (Phi) is 6.94. The SMILES string of the molecule is COc1ccc(-c2noc(CN3CCC(C(=O)Nc4ccc(-c5ccno5)cc4)CC3)n2)cc1OC. The summed E-state index contributed by atoms with van der Waals surface area (Å²) in [5, 5.41) is 10.9. The molecule has 1 aliphatic rings. The molecular formula is C26H27N5O5. The maximum Gasteiger partial charge on any atom is 0.241 e. The van der Waals surface area contributed by atoms with Crippen molar-refractivity contribution in [3.05, 3.63) is 60.6 Å². The van der Waals surface area contributed by atoms with E-state index in [4.69, 9.17) is 18.5 Å². The molecule has 10 heteroatoms. The number of carbonyl (C=O) groups excluding carboxylic acids is 1. The van der Waals surface area contributed by atoms with E-state index in [1.165, 1.54) is 0 Å². The smallest absolute Gasteiger partial charge is 0.241 e. The summed E-state index contributed by atoms with van der Waals surface area (Å²) in [5.74, 6) is 2.96. The molecule has 186 valence electrons. The molecule has 1 saturated heterocycles. The zero-order valence-electron chi connectivity index (χ0n) is 20.1. The van der Waals surface area contributed by atoms with E-state index in [9.17, 15) is 4.79 Å². The summed E-state index contributed by atoms with van der Waals surface area (Å²) >= 11 is 0. The highest BCUT2D eigenvalue weighted by molar-refractivity contribution is 5.92. The Morgan fingerprint density at radius 2 is 1.75 bits per heavy atom. The Hall–Kier alpha value is -4.18. The van der Waals surface area contributed by atoms with Crippen LogP contribution >= 0.6 is 0 Å². The number of methoxy groups -OCH3 is 2. The largest absolute Gasteiger partial charge is 0.493 e. The first-order chi connectivity index (χ1) is 17.6. The number of likely N-dealkylation sites (tertiary alicyclic amines) is 1. The Bertz CT molecular complexity index is 1290. The molecule has 5 rings (SSSR count). The van der Waals surface area contributed by atoms with Gasteiger partial charge in [0.2, 0.25) is 17.6 Å². The van der Waals surface area contributed by atoms with Crippen LogP contribution in [0, 0.1) is 5.92 Å². The summed E-state index contributed by atoms with van der Waals surface area (Å²) in [6.45, 7) is 2.09. The zero-order valence-corrected chi connectivity index (χ0v) is 20.1. The quantitative estimate of drug-likeness (QED) is 0.387. The summed E-state index contributed by atoms with van der Waals surface area (Å²) in [7, 11) is 3.18. The lowest BCUT2D eigenvalue weighted by atomic mass is 9.95. The van der Waals surface area contributed by atoms with Gasteiger partial charge >= 0.3 is 0 Å². The lowest BCUT2D eigenvalue weighted by Crippen LogP contribution is -2.37. The minimum Gasteiger partial charge on any atom is -0.493 e. The number of hydrogen-bond acceptors (Lipinski definition) is 9. The molecule has 2 aromatic carbocycles. The molecule has 10 nitrogen and oxygen atoms in total. The molecule has 0 spiro atoms. The first-order valence-electron chi connectivity index (χ1n) is 11.7. The van der Waals surface area contributed by atoms with Crippen molar-refractivity contribution in [2.24, 2.45) is 5.92 Å². The number of hydrogen-bond donors (Lipinski definition) is 1. The summed E-state index contributed by atoms with van der Waals surface area (Å²) in [4.78, 5) is 19.5. The normalized spacial score (nSPS) is 14.5. The fraction of sp³-hybridized carbons (Fsp3) is 0.308. The highest BCUT2D eigenvalue weighted by Gasteiger charge is 2.26. The molecule has 0 unspecified atom stereocenters. The van der Waals surface area contributed by atoms with E-state index in [2.05, 4.69) is 25.5 Å². The van der Waals surface area contributed by atoms with Crippen molar-refractivity contribution in [2.75, 3.05) is 32.6 Å². The van der Waals surface area contributed by atoms with Crippen LogP contribution in [0.25, 0.3) is 22.7 Å². The average Bonchev–Trinajstić information content (AvgIpc) is 3.62. The number of rotatable bonds is 8. The molecule has 4 aromatic rings. The fourth-order valence-corrected chi connectivity index (χ4v) is 4.28. The Labute approximate surface area is 208 Å². The molecule has 0 radical (unpaired) electrons.